The number of anilines is 2. The van der Waals surface area contributed by atoms with Crippen LogP contribution in [-0.2, 0) is 6.54 Å². The second-order valence-corrected chi connectivity index (χ2v) is 8.88. The number of benzene rings is 1. The first-order chi connectivity index (χ1) is 18.2. The number of nitrogens with zero attached hydrogens (tertiary/aromatic N) is 6. The van der Waals surface area contributed by atoms with Crippen LogP contribution < -0.4 is 20.9 Å². The molecule has 1 saturated heterocycles. The van der Waals surface area contributed by atoms with Crippen molar-refractivity contribution in [2.75, 3.05) is 18.4 Å². The summed E-state index contributed by atoms with van der Waals surface area (Å²) in [6, 6.07) is 13.4. The standard InChI is InChI=1S/C27H26N8O2/c1-2-14-34-26(36)22-17-30-27(31-20-7-6-18-8-11-29-16-19(18)15-20)33-25(22)35(34)23-4-3-5-24(32-23)37-21-9-12-28-13-10-21/h2-8,11,15-17,21,28H,1,9-10,12-14H2,(H,30,31,33). The lowest BCUT2D eigenvalue weighted by Gasteiger charge is -2.23. The number of rotatable bonds is 7. The van der Waals surface area contributed by atoms with Crippen LogP contribution in [0.2, 0.25) is 0 Å². The van der Waals surface area contributed by atoms with Crippen molar-refractivity contribution in [2.45, 2.75) is 25.5 Å². The fraction of sp³-hybridized carbons (Fsp3) is 0.222. The minimum atomic E-state index is -0.218. The van der Waals surface area contributed by atoms with E-state index in [0.29, 0.717) is 28.7 Å². The molecule has 6 rings (SSSR count). The summed E-state index contributed by atoms with van der Waals surface area (Å²) in [5.41, 5.74) is 1.04. The third-order valence-corrected chi connectivity index (χ3v) is 6.37. The molecule has 1 aromatic carbocycles. The average Bonchev–Trinajstić information content (AvgIpc) is 3.20. The SMILES string of the molecule is C=CCn1c(=O)c2cnc(Nc3ccc4ccncc4c3)nc2n1-c1cccc(OC2CCNCC2)n1. The van der Waals surface area contributed by atoms with Crippen LogP contribution in [0.3, 0.4) is 0 Å². The van der Waals surface area contributed by atoms with Crippen molar-refractivity contribution in [1.29, 1.82) is 0 Å². The molecule has 10 nitrogen and oxygen atoms in total. The summed E-state index contributed by atoms with van der Waals surface area (Å²) >= 11 is 0. The first kappa shape index (κ1) is 22.9. The molecule has 0 unspecified atom stereocenters. The van der Waals surface area contributed by atoms with Gasteiger partial charge in [-0.2, -0.15) is 9.97 Å². The second kappa shape index (κ2) is 9.82. The summed E-state index contributed by atoms with van der Waals surface area (Å²) in [6.07, 6.45) is 8.74. The van der Waals surface area contributed by atoms with Gasteiger partial charge in [-0.3, -0.25) is 9.78 Å². The summed E-state index contributed by atoms with van der Waals surface area (Å²) in [5, 5.41) is 9.06. The maximum absolute atomic E-state index is 13.3. The number of fused-ring (bicyclic) bond motifs is 2. The number of ether oxygens (including phenoxy) is 1. The van der Waals surface area contributed by atoms with E-state index in [9.17, 15) is 4.79 Å². The molecule has 0 aliphatic carbocycles. The Morgan fingerprint density at radius 3 is 2.86 bits per heavy atom. The Morgan fingerprint density at radius 2 is 2.00 bits per heavy atom. The molecule has 4 aromatic heterocycles. The molecule has 0 spiro atoms. The first-order valence-corrected chi connectivity index (χ1v) is 12.2. The Bertz CT molecular complexity index is 1650. The van der Waals surface area contributed by atoms with E-state index in [1.807, 2.05) is 48.7 Å². The number of aromatic nitrogens is 6. The van der Waals surface area contributed by atoms with Gasteiger partial charge in [-0.1, -0.05) is 18.2 Å². The van der Waals surface area contributed by atoms with E-state index >= 15 is 0 Å². The van der Waals surface area contributed by atoms with Gasteiger partial charge in [0.2, 0.25) is 11.8 Å². The number of nitrogens with one attached hydrogen (secondary N) is 2. The molecule has 0 atom stereocenters. The number of hydrogen-bond donors (Lipinski definition) is 2. The molecule has 5 heterocycles. The molecular weight excluding hydrogens is 468 g/mol. The van der Waals surface area contributed by atoms with Crippen LogP contribution in [0, 0.1) is 0 Å². The lowest BCUT2D eigenvalue weighted by Crippen LogP contribution is -2.34. The first-order valence-electron chi connectivity index (χ1n) is 12.2. The molecule has 2 N–H and O–H groups in total. The van der Waals surface area contributed by atoms with Crippen LogP contribution in [0.5, 0.6) is 5.88 Å². The van der Waals surface area contributed by atoms with E-state index in [2.05, 4.69) is 27.2 Å². The number of allylic oxidation sites excluding steroid dienone is 1. The molecule has 1 aliphatic rings. The monoisotopic (exact) mass is 494 g/mol. The highest BCUT2D eigenvalue weighted by Crippen LogP contribution is 2.23. The summed E-state index contributed by atoms with van der Waals surface area (Å²) < 4.78 is 9.40. The minimum Gasteiger partial charge on any atom is -0.474 e. The van der Waals surface area contributed by atoms with E-state index in [4.69, 9.17) is 14.7 Å². The molecule has 0 radical (unpaired) electrons. The minimum absolute atomic E-state index is 0.107. The quantitative estimate of drug-likeness (QED) is 0.330. The zero-order valence-corrected chi connectivity index (χ0v) is 20.2. The zero-order chi connectivity index (χ0) is 25.2. The topological polar surface area (TPSA) is 112 Å². The largest absolute Gasteiger partial charge is 0.474 e. The van der Waals surface area contributed by atoms with E-state index in [-0.39, 0.29) is 18.2 Å². The Morgan fingerprint density at radius 1 is 1.11 bits per heavy atom. The van der Waals surface area contributed by atoms with E-state index in [1.165, 1.54) is 0 Å². The lowest BCUT2D eigenvalue weighted by atomic mass is 10.1. The van der Waals surface area contributed by atoms with Crippen LogP contribution in [0.15, 0.2) is 78.5 Å². The van der Waals surface area contributed by atoms with Gasteiger partial charge < -0.3 is 15.4 Å². The van der Waals surface area contributed by atoms with Gasteiger partial charge in [-0.05, 0) is 55.6 Å². The van der Waals surface area contributed by atoms with Crippen molar-refractivity contribution in [2.24, 2.45) is 0 Å². The average molecular weight is 495 g/mol. The van der Waals surface area contributed by atoms with Crippen molar-refractivity contribution in [3.05, 3.63) is 84.1 Å². The molecule has 1 aliphatic heterocycles. The third kappa shape index (κ3) is 4.54. The van der Waals surface area contributed by atoms with Gasteiger partial charge in [0, 0.05) is 35.7 Å². The van der Waals surface area contributed by atoms with Gasteiger partial charge >= 0.3 is 0 Å². The van der Waals surface area contributed by atoms with E-state index in [1.54, 1.807) is 27.8 Å². The van der Waals surface area contributed by atoms with Gasteiger partial charge in [-0.15, -0.1) is 6.58 Å². The van der Waals surface area contributed by atoms with Crippen molar-refractivity contribution in [3.8, 4) is 11.7 Å². The molecule has 5 aromatic rings. The predicted octanol–water partition coefficient (Wildman–Crippen LogP) is 3.59. The highest BCUT2D eigenvalue weighted by molar-refractivity contribution is 5.85. The van der Waals surface area contributed by atoms with Gasteiger partial charge in [0.05, 0.1) is 6.54 Å². The van der Waals surface area contributed by atoms with E-state index < -0.39 is 0 Å². The Kier molecular flexibility index (Phi) is 6.07. The number of hydrogen-bond acceptors (Lipinski definition) is 8. The molecular formula is C27H26N8O2. The molecule has 186 valence electrons. The van der Waals surface area contributed by atoms with Crippen molar-refractivity contribution < 1.29 is 4.74 Å². The van der Waals surface area contributed by atoms with Crippen LogP contribution in [0.1, 0.15) is 12.8 Å². The third-order valence-electron chi connectivity index (χ3n) is 6.37. The maximum Gasteiger partial charge on any atom is 0.278 e. The Balaban J connectivity index is 1.40. The van der Waals surface area contributed by atoms with Crippen molar-refractivity contribution in [3.63, 3.8) is 0 Å². The smallest absolute Gasteiger partial charge is 0.278 e. The highest BCUT2D eigenvalue weighted by Gasteiger charge is 2.20. The zero-order valence-electron chi connectivity index (χ0n) is 20.2. The van der Waals surface area contributed by atoms with Crippen LogP contribution in [-0.4, -0.2) is 48.5 Å². The molecule has 10 heteroatoms. The summed E-state index contributed by atoms with van der Waals surface area (Å²) in [6.45, 7) is 5.95. The molecule has 1 fully saturated rings. The van der Waals surface area contributed by atoms with Gasteiger partial charge in [0.25, 0.3) is 5.56 Å². The maximum atomic E-state index is 13.3. The predicted molar refractivity (Wildman–Crippen MR) is 143 cm³/mol. The molecule has 37 heavy (non-hydrogen) atoms. The lowest BCUT2D eigenvalue weighted by molar-refractivity contribution is 0.156. The van der Waals surface area contributed by atoms with E-state index in [0.717, 1.165) is 42.4 Å². The Hall–Kier alpha value is -4.57. The Labute approximate surface area is 212 Å². The second-order valence-electron chi connectivity index (χ2n) is 8.88. The van der Waals surface area contributed by atoms with Crippen LogP contribution in [0.25, 0.3) is 27.6 Å². The molecule has 0 amide bonds. The molecule has 0 bridgehead atoms. The summed E-state index contributed by atoms with van der Waals surface area (Å²) in [5.74, 6) is 1.41. The van der Waals surface area contributed by atoms with Crippen LogP contribution in [0.4, 0.5) is 11.6 Å². The van der Waals surface area contributed by atoms with Gasteiger partial charge in [-0.25, -0.2) is 14.3 Å². The summed E-state index contributed by atoms with van der Waals surface area (Å²) in [4.78, 5) is 31.3. The fourth-order valence-electron chi connectivity index (χ4n) is 4.57. The number of pyridine rings is 2. The molecule has 0 saturated carbocycles. The number of piperidine rings is 1. The van der Waals surface area contributed by atoms with Crippen molar-refractivity contribution in [1.82, 2.24) is 34.6 Å². The normalized spacial score (nSPS) is 14.2. The van der Waals surface area contributed by atoms with Gasteiger partial charge in [0.1, 0.15) is 11.5 Å². The van der Waals surface area contributed by atoms with Crippen LogP contribution >= 0.6 is 0 Å². The fourth-order valence-corrected chi connectivity index (χ4v) is 4.57. The van der Waals surface area contributed by atoms with Crippen molar-refractivity contribution >= 4 is 33.4 Å². The van der Waals surface area contributed by atoms with Gasteiger partial charge in [0.15, 0.2) is 11.5 Å². The highest BCUT2D eigenvalue weighted by atomic mass is 16.5. The summed E-state index contributed by atoms with van der Waals surface area (Å²) in [7, 11) is 0.